The van der Waals surface area contributed by atoms with Crippen LogP contribution in [0.1, 0.15) is 15.9 Å². The van der Waals surface area contributed by atoms with Crippen LogP contribution in [0.15, 0.2) is 36.5 Å². The molecule has 0 bridgehead atoms. The number of benzene rings is 1. The van der Waals surface area contributed by atoms with E-state index in [9.17, 15) is 4.79 Å². The topological polar surface area (TPSA) is 98.1 Å². The number of aromatic nitrogens is 3. The number of nitriles is 1. The maximum Gasteiger partial charge on any atom is 0.337 e. The van der Waals surface area contributed by atoms with Crippen LogP contribution >= 0.6 is 0 Å². The van der Waals surface area contributed by atoms with Crippen LogP contribution in [0.5, 0.6) is 0 Å². The second-order valence-electron chi connectivity index (χ2n) is 6.27. The Hall–Kier alpha value is -3.60. The lowest BCUT2D eigenvalue weighted by Crippen LogP contribution is -2.47. The van der Waals surface area contributed by atoms with Crippen molar-refractivity contribution < 1.29 is 9.53 Å². The number of anilines is 2. The number of carbonyl (C=O) groups is 1. The van der Waals surface area contributed by atoms with Gasteiger partial charge in [0.15, 0.2) is 0 Å². The van der Waals surface area contributed by atoms with E-state index < -0.39 is 0 Å². The van der Waals surface area contributed by atoms with Crippen molar-refractivity contribution in [2.45, 2.75) is 0 Å². The summed E-state index contributed by atoms with van der Waals surface area (Å²) in [5.41, 5.74) is 2.68. The molecule has 0 unspecified atom stereocenters. The molecule has 0 amide bonds. The number of fused-ring (bicyclic) bond motifs is 1. The Bertz CT molecular complexity index is 1010. The summed E-state index contributed by atoms with van der Waals surface area (Å²) < 4.78 is 4.76. The zero-order chi connectivity index (χ0) is 18.8. The summed E-state index contributed by atoms with van der Waals surface area (Å²) in [6.45, 7) is 3.21. The summed E-state index contributed by atoms with van der Waals surface area (Å²) in [5.74, 6) is 1.30. The highest BCUT2D eigenvalue weighted by Gasteiger charge is 2.21. The van der Waals surface area contributed by atoms with Gasteiger partial charge in [0.25, 0.3) is 0 Å². The first-order valence-electron chi connectivity index (χ1n) is 8.62. The van der Waals surface area contributed by atoms with Crippen molar-refractivity contribution in [3.05, 3.63) is 47.7 Å². The molecule has 136 valence electrons. The third-order valence-corrected chi connectivity index (χ3v) is 4.67. The zero-order valence-corrected chi connectivity index (χ0v) is 14.8. The number of carbonyl (C=O) groups excluding carboxylic acids is 1. The van der Waals surface area contributed by atoms with Crippen LogP contribution in [0.2, 0.25) is 0 Å². The number of hydrogen-bond donors (Lipinski definition) is 1. The number of hydrogen-bond acceptors (Lipinski definition) is 7. The van der Waals surface area contributed by atoms with E-state index in [1.54, 1.807) is 24.4 Å². The number of rotatable bonds is 3. The lowest BCUT2D eigenvalue weighted by Gasteiger charge is -2.35. The number of H-pyrrole nitrogens is 1. The van der Waals surface area contributed by atoms with E-state index in [1.165, 1.54) is 7.11 Å². The number of nitrogens with zero attached hydrogens (tertiary/aromatic N) is 5. The fourth-order valence-corrected chi connectivity index (χ4v) is 3.18. The molecule has 4 rings (SSSR count). The molecule has 0 radical (unpaired) electrons. The van der Waals surface area contributed by atoms with Gasteiger partial charge in [-0.25, -0.2) is 14.8 Å². The fraction of sp³-hybridized carbons (Fsp3) is 0.263. The summed E-state index contributed by atoms with van der Waals surface area (Å²) in [6.07, 6.45) is 1.60. The van der Waals surface area contributed by atoms with Gasteiger partial charge in [-0.1, -0.05) is 0 Å². The molecule has 1 fully saturated rings. The zero-order valence-electron chi connectivity index (χ0n) is 14.8. The van der Waals surface area contributed by atoms with E-state index in [0.29, 0.717) is 11.1 Å². The number of nitrogens with one attached hydrogen (secondary N) is 1. The molecule has 8 nitrogen and oxygen atoms in total. The lowest BCUT2D eigenvalue weighted by molar-refractivity contribution is 0.0601. The van der Waals surface area contributed by atoms with Gasteiger partial charge in [0, 0.05) is 32.4 Å². The molecule has 0 atom stereocenters. The number of imidazole rings is 1. The van der Waals surface area contributed by atoms with Crippen LogP contribution < -0.4 is 9.80 Å². The molecule has 1 aromatic carbocycles. The predicted octanol–water partition coefficient (Wildman–Crippen LogP) is 1.94. The van der Waals surface area contributed by atoms with Crippen LogP contribution in [0, 0.1) is 11.3 Å². The Morgan fingerprint density at radius 1 is 1.19 bits per heavy atom. The van der Waals surface area contributed by atoms with Crippen molar-refractivity contribution in [3.8, 4) is 6.07 Å². The molecule has 0 saturated carbocycles. The molecular weight excluding hydrogens is 344 g/mol. The molecule has 1 saturated heterocycles. The first kappa shape index (κ1) is 16.8. The van der Waals surface area contributed by atoms with E-state index in [1.807, 2.05) is 12.1 Å². The quantitative estimate of drug-likeness (QED) is 0.711. The second-order valence-corrected chi connectivity index (χ2v) is 6.27. The molecule has 8 heteroatoms. The number of aromatic amines is 1. The standard InChI is InChI=1S/C19H18N6O2/c1-27-18(26)14-3-4-15-16(10-14)23-19(22-15)25-8-6-24(7-9-25)17-5-2-13(11-20)12-21-17/h2-5,10,12H,6-9H2,1H3,(H,22,23). The van der Waals surface area contributed by atoms with Gasteiger partial charge in [-0.15, -0.1) is 0 Å². The Morgan fingerprint density at radius 3 is 2.63 bits per heavy atom. The number of piperazine rings is 1. The molecule has 1 N–H and O–H groups in total. The number of pyridine rings is 1. The van der Waals surface area contributed by atoms with Gasteiger partial charge in [-0.3, -0.25) is 0 Å². The first-order valence-corrected chi connectivity index (χ1v) is 8.62. The van der Waals surface area contributed by atoms with E-state index in [2.05, 4.69) is 30.8 Å². The van der Waals surface area contributed by atoms with Gasteiger partial charge < -0.3 is 19.5 Å². The molecule has 27 heavy (non-hydrogen) atoms. The Balaban J connectivity index is 1.47. The van der Waals surface area contributed by atoms with E-state index in [0.717, 1.165) is 49.0 Å². The lowest BCUT2D eigenvalue weighted by atomic mass is 10.2. The fourth-order valence-electron chi connectivity index (χ4n) is 3.18. The number of methoxy groups -OCH3 is 1. The minimum absolute atomic E-state index is 0.364. The Labute approximate surface area is 156 Å². The first-order chi connectivity index (χ1) is 13.2. The molecule has 1 aliphatic heterocycles. The van der Waals surface area contributed by atoms with Crippen molar-refractivity contribution >= 4 is 28.8 Å². The number of esters is 1. The van der Waals surface area contributed by atoms with Crippen molar-refractivity contribution in [3.63, 3.8) is 0 Å². The number of ether oxygens (including phenoxy) is 1. The minimum atomic E-state index is -0.364. The third-order valence-electron chi connectivity index (χ3n) is 4.67. The van der Waals surface area contributed by atoms with Gasteiger partial charge >= 0.3 is 5.97 Å². The van der Waals surface area contributed by atoms with E-state index in [4.69, 9.17) is 10.00 Å². The van der Waals surface area contributed by atoms with Crippen LogP contribution in [0.3, 0.4) is 0 Å². The smallest absolute Gasteiger partial charge is 0.337 e. The summed E-state index contributed by atoms with van der Waals surface area (Å²) in [6, 6.07) is 11.0. The summed E-state index contributed by atoms with van der Waals surface area (Å²) in [5, 5.41) is 8.87. The van der Waals surface area contributed by atoms with Gasteiger partial charge in [0.1, 0.15) is 11.9 Å². The van der Waals surface area contributed by atoms with Crippen molar-refractivity contribution in [1.82, 2.24) is 15.0 Å². The molecule has 0 spiro atoms. The summed E-state index contributed by atoms with van der Waals surface area (Å²) >= 11 is 0. The van der Waals surface area contributed by atoms with Gasteiger partial charge in [0.2, 0.25) is 5.95 Å². The minimum Gasteiger partial charge on any atom is -0.465 e. The van der Waals surface area contributed by atoms with Crippen molar-refractivity contribution in [1.29, 1.82) is 5.26 Å². The Morgan fingerprint density at radius 2 is 1.96 bits per heavy atom. The second kappa shape index (κ2) is 6.96. The van der Waals surface area contributed by atoms with E-state index >= 15 is 0 Å². The Kier molecular flexibility index (Phi) is 4.34. The monoisotopic (exact) mass is 362 g/mol. The maximum absolute atomic E-state index is 11.7. The molecule has 3 heterocycles. The van der Waals surface area contributed by atoms with Gasteiger partial charge in [0.05, 0.1) is 29.3 Å². The molecule has 2 aromatic heterocycles. The maximum atomic E-state index is 11.7. The average Bonchev–Trinajstić information content (AvgIpc) is 3.16. The predicted molar refractivity (Wildman–Crippen MR) is 101 cm³/mol. The van der Waals surface area contributed by atoms with E-state index in [-0.39, 0.29) is 5.97 Å². The van der Waals surface area contributed by atoms with Crippen LogP contribution in [-0.4, -0.2) is 54.2 Å². The van der Waals surface area contributed by atoms with Crippen molar-refractivity contribution in [2.75, 3.05) is 43.1 Å². The summed E-state index contributed by atoms with van der Waals surface area (Å²) in [7, 11) is 1.37. The van der Waals surface area contributed by atoms with Gasteiger partial charge in [-0.2, -0.15) is 5.26 Å². The molecule has 1 aliphatic rings. The normalized spacial score (nSPS) is 14.2. The van der Waals surface area contributed by atoms with Crippen molar-refractivity contribution in [2.24, 2.45) is 0 Å². The third kappa shape index (κ3) is 3.27. The largest absolute Gasteiger partial charge is 0.465 e. The highest BCUT2D eigenvalue weighted by molar-refractivity contribution is 5.93. The van der Waals surface area contributed by atoms with Crippen LogP contribution in [-0.2, 0) is 4.74 Å². The molecule has 0 aliphatic carbocycles. The van der Waals surface area contributed by atoms with Crippen LogP contribution in [0.4, 0.5) is 11.8 Å². The molecule has 3 aromatic rings. The SMILES string of the molecule is COC(=O)c1ccc2nc(N3CCN(c4ccc(C#N)cn4)CC3)[nH]c2c1. The van der Waals surface area contributed by atoms with Crippen LogP contribution in [0.25, 0.3) is 11.0 Å². The van der Waals surface area contributed by atoms with Gasteiger partial charge in [-0.05, 0) is 30.3 Å². The average molecular weight is 362 g/mol. The highest BCUT2D eigenvalue weighted by Crippen LogP contribution is 2.21. The highest BCUT2D eigenvalue weighted by atomic mass is 16.5. The molecular formula is C19H18N6O2. The summed E-state index contributed by atoms with van der Waals surface area (Å²) in [4.78, 5) is 28.3.